The molecule has 0 saturated heterocycles. The van der Waals surface area contributed by atoms with Gasteiger partial charge in [-0.2, -0.15) is 0 Å². The Morgan fingerprint density at radius 1 is 1.19 bits per heavy atom. The van der Waals surface area contributed by atoms with Gasteiger partial charge in [0.1, 0.15) is 17.2 Å². The summed E-state index contributed by atoms with van der Waals surface area (Å²) in [6.45, 7) is 5.29. The first kappa shape index (κ1) is 23.4. The number of nitrogens with zero attached hydrogens (tertiary/aromatic N) is 2. The highest BCUT2D eigenvalue weighted by molar-refractivity contribution is 7.91. The Morgan fingerprint density at radius 2 is 1.88 bits per heavy atom. The number of rotatable bonds is 5. The molecule has 0 radical (unpaired) electrons. The van der Waals surface area contributed by atoms with Crippen LogP contribution in [0.2, 0.25) is 0 Å². The van der Waals surface area contributed by atoms with E-state index in [0.717, 1.165) is 16.9 Å². The predicted octanol–water partition coefficient (Wildman–Crippen LogP) is 3.00. The molecule has 0 aliphatic rings. The van der Waals surface area contributed by atoms with Gasteiger partial charge in [0.25, 0.3) is 5.56 Å². The molecular weight excluding hydrogens is 437 g/mol. The fourth-order valence-electron chi connectivity index (χ4n) is 3.19. The van der Waals surface area contributed by atoms with Crippen LogP contribution in [0.15, 0.2) is 52.2 Å². The molecule has 1 heterocycles. The Labute approximate surface area is 185 Å². The molecule has 10 heteroatoms. The summed E-state index contributed by atoms with van der Waals surface area (Å²) in [6.07, 6.45) is 0.494. The number of hydrogen-bond donors (Lipinski definition) is 1. The SMILES string of the molecule is CC(C)(C)OC(=O)NCCc1nc2cccc(S(C)(=O)=O)c2c(=O)n1-c1cccc(F)c1. The summed E-state index contributed by atoms with van der Waals surface area (Å²) in [5, 5.41) is 2.51. The highest BCUT2D eigenvalue weighted by atomic mass is 32.2. The second-order valence-electron chi connectivity index (χ2n) is 8.25. The van der Waals surface area contributed by atoms with Crippen LogP contribution in [0.3, 0.4) is 0 Å². The third kappa shape index (κ3) is 5.31. The molecule has 8 nitrogen and oxygen atoms in total. The molecule has 0 unspecified atom stereocenters. The van der Waals surface area contributed by atoms with Gasteiger partial charge in [-0.3, -0.25) is 9.36 Å². The van der Waals surface area contributed by atoms with Crippen LogP contribution >= 0.6 is 0 Å². The van der Waals surface area contributed by atoms with Crippen LogP contribution in [0, 0.1) is 5.82 Å². The zero-order valence-corrected chi connectivity index (χ0v) is 19.0. The lowest BCUT2D eigenvalue weighted by Gasteiger charge is -2.20. The van der Waals surface area contributed by atoms with E-state index in [1.807, 2.05) is 0 Å². The number of alkyl carbamates (subject to hydrolysis) is 1. The smallest absolute Gasteiger partial charge is 0.407 e. The average molecular weight is 462 g/mol. The van der Waals surface area contributed by atoms with Crippen molar-refractivity contribution in [2.24, 2.45) is 0 Å². The van der Waals surface area contributed by atoms with Crippen LogP contribution in [0.4, 0.5) is 9.18 Å². The summed E-state index contributed by atoms with van der Waals surface area (Å²) in [4.78, 5) is 29.7. The van der Waals surface area contributed by atoms with E-state index in [4.69, 9.17) is 4.74 Å². The molecule has 0 bridgehead atoms. The van der Waals surface area contributed by atoms with Gasteiger partial charge in [0.2, 0.25) is 0 Å². The molecule has 0 spiro atoms. The zero-order chi connectivity index (χ0) is 23.7. The van der Waals surface area contributed by atoms with Crippen LogP contribution < -0.4 is 10.9 Å². The number of amides is 1. The van der Waals surface area contributed by atoms with Crippen molar-refractivity contribution < 1.29 is 22.3 Å². The number of nitrogens with one attached hydrogen (secondary N) is 1. The quantitative estimate of drug-likeness (QED) is 0.626. The van der Waals surface area contributed by atoms with E-state index >= 15 is 0 Å². The standard InChI is InChI=1S/C22H24FN3O5S/c1-22(2,3)31-21(28)24-12-11-18-25-16-9-6-10-17(32(4,29)30)19(16)20(27)26(18)15-8-5-7-14(23)13-15/h5-10,13H,11-12H2,1-4H3,(H,24,28). The molecule has 0 aliphatic heterocycles. The van der Waals surface area contributed by atoms with Gasteiger partial charge in [0.05, 0.1) is 21.5 Å². The largest absolute Gasteiger partial charge is 0.444 e. The summed E-state index contributed by atoms with van der Waals surface area (Å²) >= 11 is 0. The van der Waals surface area contributed by atoms with Crippen molar-refractivity contribution in [3.63, 3.8) is 0 Å². The molecule has 0 aliphatic carbocycles. The van der Waals surface area contributed by atoms with Crippen molar-refractivity contribution >= 4 is 26.8 Å². The van der Waals surface area contributed by atoms with Crippen molar-refractivity contribution in [2.75, 3.05) is 12.8 Å². The van der Waals surface area contributed by atoms with Crippen molar-refractivity contribution in [3.8, 4) is 5.69 Å². The average Bonchev–Trinajstić information content (AvgIpc) is 2.65. The minimum atomic E-state index is -3.72. The maximum atomic E-state index is 13.9. The molecule has 32 heavy (non-hydrogen) atoms. The van der Waals surface area contributed by atoms with Crippen LogP contribution in [0.5, 0.6) is 0 Å². The van der Waals surface area contributed by atoms with Crippen LogP contribution in [0.1, 0.15) is 26.6 Å². The van der Waals surface area contributed by atoms with Crippen molar-refractivity contribution in [1.82, 2.24) is 14.9 Å². The molecule has 170 valence electrons. The number of hydrogen-bond acceptors (Lipinski definition) is 6. The van der Waals surface area contributed by atoms with E-state index in [-0.39, 0.29) is 40.3 Å². The van der Waals surface area contributed by atoms with Crippen molar-refractivity contribution in [3.05, 3.63) is 64.5 Å². The number of carbonyl (C=O) groups is 1. The second-order valence-corrected chi connectivity index (χ2v) is 10.2. The predicted molar refractivity (Wildman–Crippen MR) is 118 cm³/mol. The first-order chi connectivity index (χ1) is 14.9. The zero-order valence-electron chi connectivity index (χ0n) is 18.2. The Bertz CT molecular complexity index is 1340. The fraction of sp³-hybridized carbons (Fsp3) is 0.318. The van der Waals surface area contributed by atoms with E-state index in [1.54, 1.807) is 20.8 Å². The number of fused-ring (bicyclic) bond motifs is 1. The molecule has 3 aromatic rings. The third-order valence-electron chi connectivity index (χ3n) is 4.41. The summed E-state index contributed by atoms with van der Waals surface area (Å²) in [5.41, 5.74) is -0.927. The topological polar surface area (TPSA) is 107 Å². The maximum absolute atomic E-state index is 13.9. The van der Waals surface area contributed by atoms with Gasteiger partial charge in [-0.05, 0) is 51.1 Å². The molecule has 1 N–H and O–H groups in total. The highest BCUT2D eigenvalue weighted by Gasteiger charge is 2.21. The molecule has 1 amide bonds. The summed E-state index contributed by atoms with van der Waals surface area (Å²) in [6, 6.07) is 9.71. The summed E-state index contributed by atoms with van der Waals surface area (Å²) in [7, 11) is -3.72. The van der Waals surface area contributed by atoms with Gasteiger partial charge in [-0.1, -0.05) is 12.1 Å². The first-order valence-corrected chi connectivity index (χ1v) is 11.7. The third-order valence-corrected chi connectivity index (χ3v) is 5.55. The first-order valence-electron chi connectivity index (χ1n) is 9.84. The van der Waals surface area contributed by atoms with Crippen molar-refractivity contribution in [1.29, 1.82) is 0 Å². The van der Waals surface area contributed by atoms with Gasteiger partial charge in [0.15, 0.2) is 9.84 Å². The van der Waals surface area contributed by atoms with Gasteiger partial charge < -0.3 is 10.1 Å². The van der Waals surface area contributed by atoms with E-state index in [9.17, 15) is 22.4 Å². The molecule has 1 aromatic heterocycles. The molecule has 0 saturated carbocycles. The lowest BCUT2D eigenvalue weighted by Crippen LogP contribution is -2.34. The van der Waals surface area contributed by atoms with Gasteiger partial charge in [0, 0.05) is 19.2 Å². The van der Waals surface area contributed by atoms with Crippen LogP contribution in [-0.2, 0) is 21.0 Å². The highest BCUT2D eigenvalue weighted by Crippen LogP contribution is 2.21. The Morgan fingerprint density at radius 3 is 2.50 bits per heavy atom. The monoisotopic (exact) mass is 461 g/mol. The van der Waals surface area contributed by atoms with Crippen LogP contribution in [-0.4, -0.2) is 42.5 Å². The van der Waals surface area contributed by atoms with E-state index in [2.05, 4.69) is 10.3 Å². The normalized spacial score (nSPS) is 12.0. The molecule has 3 rings (SSSR count). The number of benzene rings is 2. The van der Waals surface area contributed by atoms with E-state index < -0.39 is 32.9 Å². The van der Waals surface area contributed by atoms with Gasteiger partial charge >= 0.3 is 6.09 Å². The van der Waals surface area contributed by atoms with Crippen LogP contribution in [0.25, 0.3) is 16.6 Å². The Kier molecular flexibility index (Phi) is 6.36. The van der Waals surface area contributed by atoms with Gasteiger partial charge in [-0.25, -0.2) is 22.6 Å². The number of aromatic nitrogens is 2. The van der Waals surface area contributed by atoms with Gasteiger partial charge in [-0.15, -0.1) is 0 Å². The Balaban J connectivity index is 2.12. The molecule has 0 fully saturated rings. The van der Waals surface area contributed by atoms with E-state index in [1.165, 1.54) is 36.4 Å². The molecule has 2 aromatic carbocycles. The summed E-state index contributed by atoms with van der Waals surface area (Å²) in [5.74, 6) is -0.335. The lowest BCUT2D eigenvalue weighted by molar-refractivity contribution is 0.0528. The minimum Gasteiger partial charge on any atom is -0.444 e. The lowest BCUT2D eigenvalue weighted by atomic mass is 10.2. The van der Waals surface area contributed by atoms with E-state index in [0.29, 0.717) is 0 Å². The number of carbonyl (C=O) groups excluding carboxylic acids is 1. The number of sulfone groups is 1. The number of halogens is 1. The minimum absolute atomic E-state index is 0.0805. The number of ether oxygens (including phenoxy) is 1. The Hall–Kier alpha value is -3.27. The molecular formula is C22H24FN3O5S. The summed E-state index contributed by atoms with van der Waals surface area (Å²) < 4.78 is 44.8. The molecule has 0 atom stereocenters. The fourth-order valence-corrected chi connectivity index (χ4v) is 4.08. The van der Waals surface area contributed by atoms with Crippen molar-refractivity contribution in [2.45, 2.75) is 37.7 Å². The second kappa shape index (κ2) is 8.70. The maximum Gasteiger partial charge on any atom is 0.407 e.